The zero-order valence-corrected chi connectivity index (χ0v) is 14.3. The third kappa shape index (κ3) is 3.56. The second-order valence-electron chi connectivity index (χ2n) is 5.69. The lowest BCUT2D eigenvalue weighted by atomic mass is 10.2. The van der Waals surface area contributed by atoms with E-state index in [1.54, 1.807) is 24.3 Å². The molecule has 0 unspecified atom stereocenters. The molecule has 0 aliphatic heterocycles. The van der Waals surface area contributed by atoms with Crippen molar-refractivity contribution >= 4 is 11.6 Å². The topological polar surface area (TPSA) is 82.3 Å². The summed E-state index contributed by atoms with van der Waals surface area (Å²) in [5.74, 6) is 0.739. The highest BCUT2D eigenvalue weighted by Gasteiger charge is 2.14. The molecule has 0 aliphatic rings. The number of rotatable bonds is 4. The molecule has 0 saturated heterocycles. The van der Waals surface area contributed by atoms with E-state index in [0.29, 0.717) is 17.2 Å². The second-order valence-corrected chi connectivity index (χ2v) is 5.69. The van der Waals surface area contributed by atoms with Gasteiger partial charge in [0.15, 0.2) is 0 Å². The number of nitrogens with zero attached hydrogens (tertiary/aromatic N) is 2. The van der Waals surface area contributed by atoms with E-state index in [1.807, 2.05) is 30.3 Å². The summed E-state index contributed by atoms with van der Waals surface area (Å²) >= 11 is 0. The van der Waals surface area contributed by atoms with E-state index in [1.165, 1.54) is 24.9 Å². The molecule has 0 saturated carbocycles. The van der Waals surface area contributed by atoms with Gasteiger partial charge in [-0.25, -0.2) is 4.79 Å². The Balaban J connectivity index is 1.76. The first-order chi connectivity index (χ1) is 12.5. The molecule has 3 rings (SSSR count). The Morgan fingerprint density at radius 2 is 1.54 bits per heavy atom. The lowest BCUT2D eigenvalue weighted by molar-refractivity contribution is 0.102. The van der Waals surface area contributed by atoms with Crippen LogP contribution in [-0.2, 0) is 14.1 Å². The summed E-state index contributed by atoms with van der Waals surface area (Å²) in [5.41, 5.74) is -0.742. The van der Waals surface area contributed by atoms with Crippen LogP contribution >= 0.6 is 0 Å². The van der Waals surface area contributed by atoms with Crippen LogP contribution < -0.4 is 21.3 Å². The van der Waals surface area contributed by atoms with E-state index in [2.05, 4.69) is 5.32 Å². The molecule has 0 fully saturated rings. The summed E-state index contributed by atoms with van der Waals surface area (Å²) in [4.78, 5) is 36.1. The first-order valence-electron chi connectivity index (χ1n) is 7.86. The fourth-order valence-electron chi connectivity index (χ4n) is 2.39. The molecule has 1 heterocycles. The summed E-state index contributed by atoms with van der Waals surface area (Å²) in [5, 5.41) is 2.64. The average molecular weight is 351 g/mol. The molecule has 0 bridgehead atoms. The number of carbonyl (C=O) groups excluding carboxylic acids is 1. The largest absolute Gasteiger partial charge is 0.457 e. The molecule has 2 aromatic carbocycles. The van der Waals surface area contributed by atoms with Crippen LogP contribution in [0.25, 0.3) is 0 Å². The highest BCUT2D eigenvalue weighted by Crippen LogP contribution is 2.22. The van der Waals surface area contributed by atoms with E-state index in [0.717, 1.165) is 4.57 Å². The zero-order valence-electron chi connectivity index (χ0n) is 14.3. The minimum Gasteiger partial charge on any atom is -0.457 e. The lowest BCUT2D eigenvalue weighted by Gasteiger charge is -2.09. The number of aromatic nitrogens is 2. The maximum absolute atomic E-state index is 12.4. The Hall–Kier alpha value is -3.61. The predicted octanol–water partition coefficient (Wildman–Crippen LogP) is 2.13. The SMILES string of the molecule is Cn1cc(C(=O)Nc2ccc(Oc3ccccc3)cc2)c(=O)n(C)c1=O. The van der Waals surface area contributed by atoms with Crippen molar-refractivity contribution in [2.45, 2.75) is 0 Å². The quantitative estimate of drug-likeness (QED) is 0.781. The Morgan fingerprint density at radius 1 is 0.923 bits per heavy atom. The van der Waals surface area contributed by atoms with Crippen molar-refractivity contribution in [3.8, 4) is 11.5 Å². The number of para-hydroxylation sites is 1. The van der Waals surface area contributed by atoms with Crippen LogP contribution in [-0.4, -0.2) is 15.0 Å². The minimum absolute atomic E-state index is 0.112. The van der Waals surface area contributed by atoms with Gasteiger partial charge < -0.3 is 14.6 Å². The molecule has 0 spiro atoms. The number of nitrogens with one attached hydrogen (secondary N) is 1. The summed E-state index contributed by atoms with van der Waals surface area (Å²) in [6, 6.07) is 16.1. The molecule has 7 heteroatoms. The summed E-state index contributed by atoms with van der Waals surface area (Å²) in [7, 11) is 2.81. The highest BCUT2D eigenvalue weighted by molar-refractivity contribution is 6.03. The van der Waals surface area contributed by atoms with Gasteiger partial charge in [0.25, 0.3) is 11.5 Å². The van der Waals surface area contributed by atoms with E-state index in [9.17, 15) is 14.4 Å². The Morgan fingerprint density at radius 3 is 2.19 bits per heavy atom. The Labute approximate surface area is 149 Å². The number of carbonyl (C=O) groups is 1. The Bertz CT molecular complexity index is 1050. The van der Waals surface area contributed by atoms with E-state index in [4.69, 9.17) is 4.74 Å². The maximum atomic E-state index is 12.4. The predicted molar refractivity (Wildman–Crippen MR) is 97.8 cm³/mol. The van der Waals surface area contributed by atoms with Gasteiger partial charge in [0, 0.05) is 26.0 Å². The molecule has 0 aliphatic carbocycles. The molecule has 26 heavy (non-hydrogen) atoms. The monoisotopic (exact) mass is 351 g/mol. The van der Waals surface area contributed by atoms with Crippen molar-refractivity contribution in [2.75, 3.05) is 5.32 Å². The van der Waals surface area contributed by atoms with Crippen molar-refractivity contribution in [1.29, 1.82) is 0 Å². The van der Waals surface area contributed by atoms with Crippen LogP contribution in [0.1, 0.15) is 10.4 Å². The first kappa shape index (κ1) is 17.2. The van der Waals surface area contributed by atoms with Gasteiger partial charge >= 0.3 is 5.69 Å². The van der Waals surface area contributed by atoms with Crippen LogP contribution in [0, 0.1) is 0 Å². The average Bonchev–Trinajstić information content (AvgIpc) is 2.65. The molecule has 1 N–H and O–H groups in total. The molecule has 0 radical (unpaired) electrons. The van der Waals surface area contributed by atoms with Crippen LogP contribution in [0.4, 0.5) is 5.69 Å². The summed E-state index contributed by atoms with van der Waals surface area (Å²) in [6.07, 6.45) is 1.23. The van der Waals surface area contributed by atoms with Gasteiger partial charge in [-0.2, -0.15) is 0 Å². The van der Waals surface area contributed by atoms with Crippen molar-refractivity contribution in [1.82, 2.24) is 9.13 Å². The highest BCUT2D eigenvalue weighted by atomic mass is 16.5. The zero-order chi connectivity index (χ0) is 18.7. The normalized spacial score (nSPS) is 10.4. The van der Waals surface area contributed by atoms with E-state index < -0.39 is 17.2 Å². The molecule has 3 aromatic rings. The van der Waals surface area contributed by atoms with Gasteiger partial charge in [0.2, 0.25) is 0 Å². The fourth-order valence-corrected chi connectivity index (χ4v) is 2.39. The first-order valence-corrected chi connectivity index (χ1v) is 7.86. The van der Waals surface area contributed by atoms with Crippen LogP contribution in [0.5, 0.6) is 11.5 Å². The number of anilines is 1. The second kappa shape index (κ2) is 7.10. The van der Waals surface area contributed by atoms with Crippen molar-refractivity contribution in [3.05, 3.63) is 87.2 Å². The van der Waals surface area contributed by atoms with Crippen molar-refractivity contribution in [3.63, 3.8) is 0 Å². The smallest absolute Gasteiger partial charge is 0.330 e. The van der Waals surface area contributed by atoms with Gasteiger partial charge in [0.05, 0.1) is 0 Å². The molecule has 1 aromatic heterocycles. The molecular formula is C19H17N3O4. The number of benzene rings is 2. The summed E-state index contributed by atoms with van der Waals surface area (Å²) in [6.45, 7) is 0. The number of ether oxygens (including phenoxy) is 1. The van der Waals surface area contributed by atoms with Crippen LogP contribution in [0.15, 0.2) is 70.4 Å². The summed E-state index contributed by atoms with van der Waals surface area (Å²) < 4.78 is 7.76. The molecular weight excluding hydrogens is 334 g/mol. The standard InChI is InChI=1S/C19H17N3O4/c1-21-12-16(18(24)22(2)19(21)25)17(23)20-13-8-10-15(11-9-13)26-14-6-4-3-5-7-14/h3-12H,1-2H3,(H,20,23). The molecule has 132 valence electrons. The van der Waals surface area contributed by atoms with Gasteiger partial charge in [-0.1, -0.05) is 18.2 Å². The van der Waals surface area contributed by atoms with Gasteiger partial charge in [-0.05, 0) is 36.4 Å². The van der Waals surface area contributed by atoms with E-state index in [-0.39, 0.29) is 5.56 Å². The van der Waals surface area contributed by atoms with E-state index >= 15 is 0 Å². The van der Waals surface area contributed by atoms with Gasteiger partial charge in [-0.15, -0.1) is 0 Å². The van der Waals surface area contributed by atoms with Crippen molar-refractivity contribution < 1.29 is 9.53 Å². The van der Waals surface area contributed by atoms with Crippen molar-refractivity contribution in [2.24, 2.45) is 14.1 Å². The molecule has 0 atom stereocenters. The number of hydrogen-bond donors (Lipinski definition) is 1. The van der Waals surface area contributed by atoms with Crippen LogP contribution in [0.2, 0.25) is 0 Å². The maximum Gasteiger partial charge on any atom is 0.330 e. The van der Waals surface area contributed by atoms with Gasteiger partial charge in [0.1, 0.15) is 17.1 Å². The third-order valence-electron chi connectivity index (χ3n) is 3.78. The van der Waals surface area contributed by atoms with Gasteiger partial charge in [-0.3, -0.25) is 14.2 Å². The molecule has 7 nitrogen and oxygen atoms in total. The number of amides is 1. The van der Waals surface area contributed by atoms with Crippen LogP contribution in [0.3, 0.4) is 0 Å². The number of hydrogen-bond acceptors (Lipinski definition) is 4. The third-order valence-corrected chi connectivity index (χ3v) is 3.78. The fraction of sp³-hybridized carbons (Fsp3) is 0.105. The minimum atomic E-state index is -0.644. The number of aryl methyl sites for hydroxylation is 1. The Kier molecular flexibility index (Phi) is 4.70. The molecule has 1 amide bonds. The lowest BCUT2D eigenvalue weighted by Crippen LogP contribution is -2.40.